The summed E-state index contributed by atoms with van der Waals surface area (Å²) in [6.45, 7) is 18.3. The molecule has 192 valence electrons. The second-order valence-corrected chi connectivity index (χ2v) is 11.5. The molecule has 0 saturated carbocycles. The number of hydrogen-bond donors (Lipinski definition) is 0. The van der Waals surface area contributed by atoms with Gasteiger partial charge in [-0.05, 0) is 104 Å². The predicted molar refractivity (Wildman–Crippen MR) is 139 cm³/mol. The van der Waals surface area contributed by atoms with Crippen LogP contribution in [0.4, 0.5) is 4.79 Å². The number of carbonyl (C=O) groups is 1. The molecule has 0 unspecified atom stereocenters. The standard InChI is InChI=1S/C26H42BNO5.ClH/c1-19-21(27-32-25(5,6)26(7,8)33-27)12-9-13-22(19)30-18-10-11-20-14-16-28(17-15-20)23(29)31-24(2,3)4;/h9,12-13,20H,10-11,14-18H2,1-8H3;1H. The Labute approximate surface area is 212 Å². The van der Waals surface area contributed by atoms with Crippen LogP contribution in [0.25, 0.3) is 0 Å². The number of piperidine rings is 1. The van der Waals surface area contributed by atoms with Gasteiger partial charge in [0.2, 0.25) is 0 Å². The van der Waals surface area contributed by atoms with E-state index in [0.29, 0.717) is 12.5 Å². The maximum Gasteiger partial charge on any atom is 0.495 e. The van der Waals surface area contributed by atoms with E-state index in [1.54, 1.807) is 0 Å². The topological polar surface area (TPSA) is 57.2 Å². The van der Waals surface area contributed by atoms with E-state index in [9.17, 15) is 4.79 Å². The summed E-state index contributed by atoms with van der Waals surface area (Å²) >= 11 is 0. The molecule has 0 aromatic heterocycles. The number of ether oxygens (including phenoxy) is 2. The van der Waals surface area contributed by atoms with E-state index in [4.69, 9.17) is 18.8 Å². The molecule has 8 heteroatoms. The summed E-state index contributed by atoms with van der Waals surface area (Å²) in [5.74, 6) is 1.52. The Bertz CT molecular complexity index is 815. The Balaban J connectivity index is 0.00000408. The lowest BCUT2D eigenvalue weighted by Crippen LogP contribution is -2.41. The highest BCUT2D eigenvalue weighted by Crippen LogP contribution is 2.37. The van der Waals surface area contributed by atoms with Gasteiger partial charge >= 0.3 is 13.2 Å². The minimum Gasteiger partial charge on any atom is -0.493 e. The Kier molecular flexibility index (Phi) is 9.39. The monoisotopic (exact) mass is 495 g/mol. The second kappa shape index (κ2) is 11.1. The van der Waals surface area contributed by atoms with Crippen LogP contribution in [-0.2, 0) is 14.0 Å². The molecule has 2 aliphatic heterocycles. The third-order valence-electron chi connectivity index (χ3n) is 7.11. The van der Waals surface area contributed by atoms with E-state index in [1.165, 1.54) is 0 Å². The highest BCUT2D eigenvalue weighted by molar-refractivity contribution is 6.62. The van der Waals surface area contributed by atoms with Crippen molar-refractivity contribution in [3.05, 3.63) is 23.8 Å². The summed E-state index contributed by atoms with van der Waals surface area (Å²) < 4.78 is 24.1. The van der Waals surface area contributed by atoms with Gasteiger partial charge in [0.1, 0.15) is 11.4 Å². The van der Waals surface area contributed by atoms with Gasteiger partial charge in [0.15, 0.2) is 0 Å². The Morgan fingerprint density at radius 2 is 1.71 bits per heavy atom. The van der Waals surface area contributed by atoms with Crippen molar-refractivity contribution in [2.75, 3.05) is 19.7 Å². The van der Waals surface area contributed by atoms with Crippen molar-refractivity contribution in [3.63, 3.8) is 0 Å². The molecule has 0 aliphatic carbocycles. The normalized spacial score (nSPS) is 20.1. The van der Waals surface area contributed by atoms with Crippen molar-refractivity contribution in [2.45, 2.75) is 97.9 Å². The van der Waals surface area contributed by atoms with Crippen molar-refractivity contribution >= 4 is 31.1 Å². The molecular weight excluding hydrogens is 453 g/mol. The highest BCUT2D eigenvalue weighted by atomic mass is 35.5. The number of halogens is 1. The predicted octanol–water partition coefficient (Wildman–Crippen LogP) is 5.52. The molecular formula is C26H43BClNO5. The van der Waals surface area contributed by atoms with Gasteiger partial charge in [0.25, 0.3) is 0 Å². The van der Waals surface area contributed by atoms with Gasteiger partial charge in [-0.2, -0.15) is 0 Å². The molecule has 1 aromatic rings. The lowest BCUT2D eigenvalue weighted by Gasteiger charge is -2.33. The molecule has 2 heterocycles. The fourth-order valence-corrected chi connectivity index (χ4v) is 4.30. The van der Waals surface area contributed by atoms with Crippen molar-refractivity contribution < 1.29 is 23.6 Å². The smallest absolute Gasteiger partial charge is 0.493 e. The van der Waals surface area contributed by atoms with E-state index in [1.807, 2.05) is 37.8 Å². The van der Waals surface area contributed by atoms with Crippen LogP contribution in [0.3, 0.4) is 0 Å². The molecule has 34 heavy (non-hydrogen) atoms. The van der Waals surface area contributed by atoms with Gasteiger partial charge in [-0.1, -0.05) is 12.1 Å². The molecule has 0 atom stereocenters. The van der Waals surface area contributed by atoms with Crippen molar-refractivity contribution in [2.24, 2.45) is 5.92 Å². The van der Waals surface area contributed by atoms with Gasteiger partial charge in [-0.15, -0.1) is 12.4 Å². The van der Waals surface area contributed by atoms with Crippen molar-refractivity contribution in [1.82, 2.24) is 4.90 Å². The van der Waals surface area contributed by atoms with Gasteiger partial charge in [-0.25, -0.2) is 4.79 Å². The average molecular weight is 496 g/mol. The Morgan fingerprint density at radius 3 is 2.26 bits per heavy atom. The zero-order valence-corrected chi connectivity index (χ0v) is 23.0. The number of likely N-dealkylation sites (tertiary alicyclic amines) is 1. The molecule has 3 rings (SSSR count). The van der Waals surface area contributed by atoms with Gasteiger partial charge < -0.3 is 23.7 Å². The number of benzene rings is 1. The van der Waals surface area contributed by atoms with Crippen molar-refractivity contribution in [1.29, 1.82) is 0 Å². The largest absolute Gasteiger partial charge is 0.495 e. The van der Waals surface area contributed by atoms with Crippen LogP contribution in [0.2, 0.25) is 0 Å². The first kappa shape index (κ1) is 28.8. The molecule has 2 aliphatic rings. The summed E-state index contributed by atoms with van der Waals surface area (Å²) in [6.07, 6.45) is 3.96. The quantitative estimate of drug-likeness (QED) is 0.384. The van der Waals surface area contributed by atoms with Crippen LogP contribution in [-0.4, -0.2) is 54.6 Å². The molecule has 6 nitrogen and oxygen atoms in total. The average Bonchev–Trinajstić information content (AvgIpc) is 2.92. The third kappa shape index (κ3) is 7.05. The number of rotatable bonds is 6. The van der Waals surface area contributed by atoms with Crippen LogP contribution < -0.4 is 10.2 Å². The molecule has 1 aromatic carbocycles. The first-order valence-electron chi connectivity index (χ1n) is 12.3. The lowest BCUT2D eigenvalue weighted by atomic mass is 9.76. The minimum absolute atomic E-state index is 0. The maximum atomic E-state index is 12.2. The second-order valence-electron chi connectivity index (χ2n) is 11.5. The number of hydrogen-bond acceptors (Lipinski definition) is 5. The molecule has 1 amide bonds. The molecule has 2 fully saturated rings. The molecule has 0 spiro atoms. The van der Waals surface area contributed by atoms with E-state index in [2.05, 4.69) is 40.7 Å². The summed E-state index contributed by atoms with van der Waals surface area (Å²) in [5.41, 5.74) is 0.936. The van der Waals surface area contributed by atoms with Gasteiger partial charge in [-0.3, -0.25) is 0 Å². The summed E-state index contributed by atoms with van der Waals surface area (Å²) in [5, 5.41) is 0. The zero-order chi connectivity index (χ0) is 24.4. The zero-order valence-electron chi connectivity index (χ0n) is 22.2. The van der Waals surface area contributed by atoms with Crippen molar-refractivity contribution in [3.8, 4) is 5.75 Å². The van der Waals surface area contributed by atoms with Gasteiger partial charge in [0, 0.05) is 13.1 Å². The van der Waals surface area contributed by atoms with E-state index in [-0.39, 0.29) is 36.8 Å². The molecule has 0 bridgehead atoms. The van der Waals surface area contributed by atoms with Crippen LogP contribution in [0, 0.1) is 12.8 Å². The Hall–Kier alpha value is -1.44. The number of carbonyl (C=O) groups excluding carboxylic acids is 1. The first-order valence-corrected chi connectivity index (χ1v) is 12.3. The summed E-state index contributed by atoms with van der Waals surface area (Å²) in [7, 11) is -0.381. The van der Waals surface area contributed by atoms with Crippen LogP contribution in [0.15, 0.2) is 18.2 Å². The minimum atomic E-state index is -0.441. The maximum absolute atomic E-state index is 12.2. The van der Waals surface area contributed by atoms with Crippen LogP contribution in [0.1, 0.15) is 79.7 Å². The fraction of sp³-hybridized carbons (Fsp3) is 0.731. The van der Waals surface area contributed by atoms with Gasteiger partial charge in [0.05, 0.1) is 17.8 Å². The fourth-order valence-electron chi connectivity index (χ4n) is 4.30. The Morgan fingerprint density at radius 1 is 1.12 bits per heavy atom. The summed E-state index contributed by atoms with van der Waals surface area (Å²) in [6, 6.07) is 6.08. The van der Waals surface area contributed by atoms with E-state index >= 15 is 0 Å². The van der Waals surface area contributed by atoms with Crippen LogP contribution in [0.5, 0.6) is 5.75 Å². The van der Waals surface area contributed by atoms with E-state index in [0.717, 1.165) is 55.5 Å². The number of nitrogens with zero attached hydrogens (tertiary/aromatic N) is 1. The number of amides is 1. The van der Waals surface area contributed by atoms with Crippen LogP contribution >= 0.6 is 12.4 Å². The van der Waals surface area contributed by atoms with E-state index < -0.39 is 5.60 Å². The lowest BCUT2D eigenvalue weighted by molar-refractivity contribution is 0.00578. The SMILES string of the molecule is Cc1c(OCCCC2CCN(C(=O)OC(C)(C)C)CC2)cccc1B1OC(C)(C)C(C)(C)O1.Cl. The molecule has 0 N–H and O–H groups in total. The highest BCUT2D eigenvalue weighted by Gasteiger charge is 2.52. The molecule has 0 radical (unpaired) electrons. The molecule has 2 saturated heterocycles. The summed E-state index contributed by atoms with van der Waals surface area (Å²) in [4.78, 5) is 14.1. The third-order valence-corrected chi connectivity index (χ3v) is 7.11. The first-order chi connectivity index (χ1) is 15.3.